The second-order valence-electron chi connectivity index (χ2n) is 8.75. The molecule has 0 aromatic heterocycles. The fraction of sp³-hybridized carbons (Fsp3) is 0.882. The molecule has 3 heterocycles. The van der Waals surface area contributed by atoms with Crippen molar-refractivity contribution in [3.63, 3.8) is 0 Å². The van der Waals surface area contributed by atoms with Crippen molar-refractivity contribution < 1.29 is 14.8 Å². The molecule has 3 saturated heterocycles. The van der Waals surface area contributed by atoms with E-state index in [1.807, 2.05) is 0 Å². The van der Waals surface area contributed by atoms with Gasteiger partial charge in [-0.2, -0.15) is 0 Å². The summed E-state index contributed by atoms with van der Waals surface area (Å²) in [6, 6.07) is -0.699. The fourth-order valence-corrected chi connectivity index (χ4v) is 5.26. The highest BCUT2D eigenvalue weighted by Gasteiger charge is 2.54. The number of fused-ring (bicyclic) bond motifs is 2. The molecule has 0 aromatic rings. The summed E-state index contributed by atoms with van der Waals surface area (Å²) in [4.78, 5) is 28.6. The fourth-order valence-electron chi connectivity index (χ4n) is 5.26. The van der Waals surface area contributed by atoms with Gasteiger partial charge in [-0.1, -0.05) is 0 Å². The number of urea groups is 1. The second-order valence-corrected chi connectivity index (χ2v) is 8.75. The molecule has 0 aromatic carbocycles. The van der Waals surface area contributed by atoms with Gasteiger partial charge >= 0.3 is 6.03 Å². The molecule has 7 heteroatoms. The molecule has 2 N–H and O–H groups in total. The van der Waals surface area contributed by atoms with E-state index >= 15 is 0 Å². The van der Waals surface area contributed by atoms with Crippen molar-refractivity contribution in [3.05, 3.63) is 0 Å². The lowest BCUT2D eigenvalue weighted by Crippen LogP contribution is -2.67. The third-order valence-electron chi connectivity index (χ3n) is 6.68. The minimum Gasteiger partial charge on any atom is -0.352 e. The molecule has 24 heavy (non-hydrogen) atoms. The first-order valence-electron chi connectivity index (χ1n) is 9.34. The van der Waals surface area contributed by atoms with E-state index < -0.39 is 12.1 Å². The number of carbonyl (C=O) groups is 2. The molecular formula is C17H26N4O3. The highest BCUT2D eigenvalue weighted by Crippen LogP contribution is 2.49. The van der Waals surface area contributed by atoms with Crippen LogP contribution in [-0.2, 0) is 4.79 Å². The summed E-state index contributed by atoms with van der Waals surface area (Å²) >= 11 is 0. The average Bonchev–Trinajstić information content (AvgIpc) is 3.29. The van der Waals surface area contributed by atoms with Gasteiger partial charge in [0.15, 0.2) is 0 Å². The first-order valence-corrected chi connectivity index (χ1v) is 9.34. The minimum absolute atomic E-state index is 0.0360. The zero-order valence-corrected chi connectivity index (χ0v) is 14.0. The highest BCUT2D eigenvalue weighted by molar-refractivity contribution is 5.88. The number of hydroxylamine groups is 2. The van der Waals surface area contributed by atoms with Crippen molar-refractivity contribution >= 4 is 11.9 Å². The van der Waals surface area contributed by atoms with Crippen LogP contribution in [0.15, 0.2) is 0 Å². The molecule has 3 aliphatic heterocycles. The molecule has 0 radical (unpaired) electrons. The van der Waals surface area contributed by atoms with Crippen LogP contribution in [0.25, 0.3) is 0 Å². The average molecular weight is 334 g/mol. The van der Waals surface area contributed by atoms with Crippen LogP contribution in [0.5, 0.6) is 0 Å². The molecule has 5 aliphatic rings. The molecule has 132 valence electrons. The van der Waals surface area contributed by atoms with Crippen LogP contribution in [0.3, 0.4) is 0 Å². The maximum Gasteiger partial charge on any atom is 0.344 e. The van der Waals surface area contributed by atoms with Crippen molar-refractivity contribution in [1.82, 2.24) is 20.2 Å². The Balaban J connectivity index is 1.10. The van der Waals surface area contributed by atoms with Crippen molar-refractivity contribution in [2.45, 2.75) is 56.7 Å². The maximum absolute atomic E-state index is 12.6. The predicted octanol–water partition coefficient (Wildman–Crippen LogP) is 0.635. The number of carbonyl (C=O) groups excluding carboxylic acids is 2. The van der Waals surface area contributed by atoms with E-state index in [0.717, 1.165) is 23.8 Å². The van der Waals surface area contributed by atoms with Gasteiger partial charge in [0.25, 0.3) is 0 Å². The van der Waals surface area contributed by atoms with E-state index in [1.165, 1.54) is 37.4 Å². The molecule has 5 fully saturated rings. The predicted molar refractivity (Wildman–Crippen MR) is 85.3 cm³/mol. The maximum atomic E-state index is 12.6. The largest absolute Gasteiger partial charge is 0.352 e. The Kier molecular flexibility index (Phi) is 3.17. The standard InChI is InChI=1S/C17H26N4O3/c22-15(14-4-3-13-8-20(14)16(23)21(13)24)18-12-5-17(6-12)9-19(10-17)7-11-1-2-11/h11-14,24H,1-10H2,(H,18,22). The molecule has 2 unspecified atom stereocenters. The smallest absolute Gasteiger partial charge is 0.344 e. The summed E-state index contributed by atoms with van der Waals surface area (Å²) in [6.45, 7) is 4.14. The Hall–Kier alpha value is -1.34. The molecule has 1 spiro atoms. The molecule has 2 bridgehead atoms. The van der Waals surface area contributed by atoms with E-state index in [0.29, 0.717) is 24.8 Å². The lowest BCUT2D eigenvalue weighted by molar-refractivity contribution is -0.132. The summed E-state index contributed by atoms with van der Waals surface area (Å²) in [5.74, 6) is 0.920. The molecule has 7 nitrogen and oxygen atoms in total. The Morgan fingerprint density at radius 1 is 1.21 bits per heavy atom. The van der Waals surface area contributed by atoms with Crippen molar-refractivity contribution in [3.8, 4) is 0 Å². The highest BCUT2D eigenvalue weighted by atomic mass is 16.5. The number of hydrogen-bond acceptors (Lipinski definition) is 4. The lowest BCUT2D eigenvalue weighted by Gasteiger charge is -2.59. The summed E-state index contributed by atoms with van der Waals surface area (Å²) in [6.07, 6.45) is 6.31. The number of nitrogens with one attached hydrogen (secondary N) is 1. The van der Waals surface area contributed by atoms with Crippen molar-refractivity contribution in [1.29, 1.82) is 0 Å². The monoisotopic (exact) mass is 334 g/mol. The number of likely N-dealkylation sites (tertiary alicyclic amines) is 1. The quantitative estimate of drug-likeness (QED) is 0.740. The van der Waals surface area contributed by atoms with E-state index in [2.05, 4.69) is 10.2 Å². The van der Waals surface area contributed by atoms with Crippen LogP contribution in [0.1, 0.15) is 38.5 Å². The van der Waals surface area contributed by atoms with Crippen LogP contribution < -0.4 is 5.32 Å². The van der Waals surface area contributed by atoms with Gasteiger partial charge in [-0.25, -0.2) is 9.86 Å². The zero-order valence-electron chi connectivity index (χ0n) is 14.0. The van der Waals surface area contributed by atoms with E-state index in [1.54, 1.807) is 0 Å². The van der Waals surface area contributed by atoms with Gasteiger partial charge < -0.3 is 15.1 Å². The Morgan fingerprint density at radius 3 is 2.67 bits per heavy atom. The van der Waals surface area contributed by atoms with E-state index in [4.69, 9.17) is 0 Å². The molecule has 5 rings (SSSR count). The number of nitrogens with zero attached hydrogens (tertiary/aromatic N) is 3. The topological polar surface area (TPSA) is 76.1 Å². The van der Waals surface area contributed by atoms with Gasteiger partial charge in [0.2, 0.25) is 5.91 Å². The van der Waals surface area contributed by atoms with Crippen LogP contribution in [0, 0.1) is 11.3 Å². The molecule has 2 atom stereocenters. The first kappa shape index (κ1) is 15.0. The van der Waals surface area contributed by atoms with Gasteiger partial charge in [-0.05, 0) is 49.9 Å². The number of rotatable bonds is 4. The molecule has 2 saturated carbocycles. The molecule has 3 amide bonds. The Labute approximate surface area is 141 Å². The van der Waals surface area contributed by atoms with E-state index in [-0.39, 0.29) is 18.0 Å². The van der Waals surface area contributed by atoms with Gasteiger partial charge in [-0.15, -0.1) is 0 Å². The third-order valence-corrected chi connectivity index (χ3v) is 6.68. The summed E-state index contributed by atoms with van der Waals surface area (Å²) < 4.78 is 0. The molecule has 2 aliphatic carbocycles. The summed E-state index contributed by atoms with van der Waals surface area (Å²) in [5, 5.41) is 13.7. The van der Waals surface area contributed by atoms with Crippen molar-refractivity contribution in [2.75, 3.05) is 26.2 Å². The van der Waals surface area contributed by atoms with Gasteiger partial charge in [0.05, 0.1) is 6.04 Å². The SMILES string of the molecule is O=C(NC1CC2(C1)CN(CC1CC1)C2)C1CCC2CN1C(=O)N2O. The third kappa shape index (κ3) is 2.32. The minimum atomic E-state index is -0.419. The van der Waals surface area contributed by atoms with Crippen LogP contribution in [0.4, 0.5) is 4.79 Å². The van der Waals surface area contributed by atoms with Gasteiger partial charge in [-0.3, -0.25) is 10.0 Å². The van der Waals surface area contributed by atoms with Crippen LogP contribution in [-0.4, -0.2) is 76.3 Å². The van der Waals surface area contributed by atoms with Crippen molar-refractivity contribution in [2.24, 2.45) is 11.3 Å². The van der Waals surface area contributed by atoms with Gasteiger partial charge in [0.1, 0.15) is 6.04 Å². The first-order chi connectivity index (χ1) is 11.5. The summed E-state index contributed by atoms with van der Waals surface area (Å²) in [5.41, 5.74) is 0.454. The summed E-state index contributed by atoms with van der Waals surface area (Å²) in [7, 11) is 0. The van der Waals surface area contributed by atoms with E-state index in [9.17, 15) is 14.8 Å². The zero-order chi connectivity index (χ0) is 16.5. The number of piperidine rings is 1. The van der Waals surface area contributed by atoms with Crippen LogP contribution >= 0.6 is 0 Å². The molecular weight excluding hydrogens is 308 g/mol. The number of hydrogen-bond donors (Lipinski definition) is 2. The lowest BCUT2D eigenvalue weighted by atomic mass is 9.60. The normalized spacial score (nSPS) is 35.1. The second kappa shape index (κ2) is 5.08. The van der Waals surface area contributed by atoms with Crippen LogP contribution in [0.2, 0.25) is 0 Å². The Morgan fingerprint density at radius 2 is 1.96 bits per heavy atom. The number of amides is 3. The Bertz CT molecular complexity index is 564. The van der Waals surface area contributed by atoms with Gasteiger partial charge in [0, 0.05) is 32.2 Å².